The summed E-state index contributed by atoms with van der Waals surface area (Å²) in [5, 5.41) is 29.0. The number of ketones is 1. The van der Waals surface area contributed by atoms with Crippen molar-refractivity contribution >= 4 is 35.4 Å². The number of ether oxygens (including phenoxy) is 1. The van der Waals surface area contributed by atoms with E-state index in [1.807, 2.05) is 38.4 Å². The number of aromatic nitrogens is 1. The highest BCUT2D eigenvalue weighted by atomic mass is 32.1. The average Bonchev–Trinajstić information content (AvgIpc) is 3.44. The number of carbonyl (C=O) groups excluding carboxylic acids is 2. The van der Waals surface area contributed by atoms with Crippen molar-refractivity contribution in [2.24, 2.45) is 28.3 Å². The maximum Gasteiger partial charge on any atom is 0.309 e. The van der Waals surface area contributed by atoms with E-state index >= 15 is 0 Å². The lowest BCUT2D eigenvalue weighted by molar-refractivity contribution is -0.154. The number of aliphatic hydroxyl groups excluding tert-OH is 2. The third-order valence-electron chi connectivity index (χ3n) is 7.82. The first kappa shape index (κ1) is 28.5. The predicted molar refractivity (Wildman–Crippen MR) is 142 cm³/mol. The van der Waals surface area contributed by atoms with E-state index in [2.05, 4.69) is 15.5 Å². The lowest BCUT2D eigenvalue weighted by Gasteiger charge is -2.35. The van der Waals surface area contributed by atoms with Crippen molar-refractivity contribution in [2.45, 2.75) is 98.0 Å². The third kappa shape index (κ3) is 6.81. The van der Waals surface area contributed by atoms with E-state index in [1.54, 1.807) is 32.1 Å². The van der Waals surface area contributed by atoms with Crippen LogP contribution in [0.3, 0.4) is 0 Å². The van der Waals surface area contributed by atoms with Crippen molar-refractivity contribution in [1.29, 1.82) is 0 Å². The van der Waals surface area contributed by atoms with E-state index in [-0.39, 0.29) is 30.1 Å². The Bertz CT molecular complexity index is 988. The summed E-state index contributed by atoms with van der Waals surface area (Å²) in [6.45, 7) is 10.8. The van der Waals surface area contributed by atoms with Crippen molar-refractivity contribution in [3.63, 3.8) is 0 Å². The van der Waals surface area contributed by atoms with Crippen LogP contribution < -0.4 is 5.43 Å². The van der Waals surface area contributed by atoms with Gasteiger partial charge in [0.15, 0.2) is 0 Å². The van der Waals surface area contributed by atoms with Crippen LogP contribution in [0.2, 0.25) is 0 Å². The number of fused-ring (bicyclic) bond motifs is 1. The number of rotatable bonds is 2. The molecule has 8 nitrogen and oxygen atoms in total. The van der Waals surface area contributed by atoms with Gasteiger partial charge >= 0.3 is 5.97 Å². The van der Waals surface area contributed by atoms with Crippen LogP contribution in [0.5, 0.6) is 0 Å². The largest absolute Gasteiger partial charge is 0.458 e. The molecule has 0 spiro atoms. The van der Waals surface area contributed by atoms with Gasteiger partial charge in [0.2, 0.25) is 0 Å². The molecular formula is C27H41N3O5S. The molecule has 2 aliphatic rings. The van der Waals surface area contributed by atoms with Crippen LogP contribution in [0.25, 0.3) is 6.08 Å². The Hall–Kier alpha value is -2.10. The van der Waals surface area contributed by atoms with Crippen molar-refractivity contribution in [1.82, 2.24) is 10.4 Å². The molecule has 0 aliphatic carbocycles. The molecule has 0 bridgehead atoms. The van der Waals surface area contributed by atoms with Crippen molar-refractivity contribution < 1.29 is 24.5 Å². The molecule has 0 saturated carbocycles. The lowest BCUT2D eigenvalue weighted by atomic mass is 9.73. The highest BCUT2D eigenvalue weighted by Gasteiger charge is 2.42. The van der Waals surface area contributed by atoms with Crippen LogP contribution in [-0.2, 0) is 14.3 Å². The van der Waals surface area contributed by atoms with Crippen LogP contribution in [0.1, 0.15) is 77.4 Å². The number of cyclic esters (lactones) is 1. The first-order valence-corrected chi connectivity index (χ1v) is 13.8. The molecule has 3 rings (SSSR count). The van der Waals surface area contributed by atoms with Crippen LogP contribution in [-0.4, -0.2) is 57.5 Å². The van der Waals surface area contributed by atoms with Gasteiger partial charge < -0.3 is 20.4 Å². The standard InChI is InChI=1S/C27H41N3O5S/c1-15-8-7-9-19-13-28-30-21(19)11-22(16(2)10-20-14-36-18(4)29-20)35-24(32)12-23(31)27(5,6)26(34)17(3)25(15)33/h10,13-15,17,19,21-23,25,30-31,33H,7-9,11-12H2,1-6H3/b16-10+/t15-,17+,19?,21?,22-,23-,25-/m0/s1. The molecule has 3 heterocycles. The molecule has 7 atom stereocenters. The van der Waals surface area contributed by atoms with E-state index in [0.29, 0.717) is 6.42 Å². The van der Waals surface area contributed by atoms with E-state index in [0.717, 1.165) is 35.5 Å². The zero-order chi connectivity index (χ0) is 26.6. The summed E-state index contributed by atoms with van der Waals surface area (Å²) >= 11 is 1.56. The SMILES string of the molecule is C/C(=C\c1csc(C)n1)[C@@H]1CC2NN=CC2CCC[C@H](C)[C@H](O)[C@@H](C)C(=O)C(C)(C)[C@@H](O)CC(=O)O1. The van der Waals surface area contributed by atoms with E-state index in [4.69, 9.17) is 4.74 Å². The summed E-state index contributed by atoms with van der Waals surface area (Å²) in [7, 11) is 0. The molecule has 0 aromatic carbocycles. The van der Waals surface area contributed by atoms with E-state index < -0.39 is 35.6 Å². The number of aryl methyl sites for hydroxylation is 1. The van der Waals surface area contributed by atoms with Gasteiger partial charge in [-0.3, -0.25) is 9.59 Å². The predicted octanol–water partition coefficient (Wildman–Crippen LogP) is 3.89. The number of hydrogen-bond donors (Lipinski definition) is 3. The molecule has 2 aliphatic heterocycles. The molecule has 1 saturated heterocycles. The molecule has 1 fully saturated rings. The van der Waals surface area contributed by atoms with Gasteiger partial charge in [0.1, 0.15) is 11.9 Å². The molecule has 3 N–H and O–H groups in total. The zero-order valence-corrected chi connectivity index (χ0v) is 23.0. The fourth-order valence-electron chi connectivity index (χ4n) is 5.13. The maximum absolute atomic E-state index is 13.2. The van der Waals surface area contributed by atoms with Gasteiger partial charge in [-0.2, -0.15) is 5.10 Å². The highest BCUT2D eigenvalue weighted by molar-refractivity contribution is 7.09. The number of Topliss-reactive ketones (excluding diaryl/α,β-unsaturated/α-hetero) is 1. The number of carbonyl (C=O) groups is 2. The van der Waals surface area contributed by atoms with Gasteiger partial charge in [-0.05, 0) is 44.3 Å². The minimum atomic E-state index is -1.23. The van der Waals surface area contributed by atoms with Crippen LogP contribution in [0.15, 0.2) is 16.1 Å². The fraction of sp³-hybridized carbons (Fsp3) is 0.704. The zero-order valence-electron chi connectivity index (χ0n) is 22.2. The smallest absolute Gasteiger partial charge is 0.309 e. The van der Waals surface area contributed by atoms with Crippen molar-refractivity contribution in [3.8, 4) is 0 Å². The number of esters is 1. The summed E-state index contributed by atoms with van der Waals surface area (Å²) < 4.78 is 5.92. The lowest BCUT2D eigenvalue weighted by Crippen LogP contribution is -2.46. The van der Waals surface area contributed by atoms with Gasteiger partial charge in [0.25, 0.3) is 0 Å². The molecule has 1 aromatic heterocycles. The number of thiazole rings is 1. The van der Waals surface area contributed by atoms with Crippen molar-refractivity contribution in [3.05, 3.63) is 21.7 Å². The summed E-state index contributed by atoms with van der Waals surface area (Å²) in [5.74, 6) is -1.39. The normalized spacial score (nSPS) is 34.7. The van der Waals surface area contributed by atoms with Gasteiger partial charge in [-0.15, -0.1) is 11.3 Å². The average molecular weight is 520 g/mol. The fourth-order valence-corrected chi connectivity index (χ4v) is 5.70. The molecule has 200 valence electrons. The first-order valence-electron chi connectivity index (χ1n) is 12.9. The quantitative estimate of drug-likeness (QED) is 0.507. The highest BCUT2D eigenvalue weighted by Crippen LogP contribution is 2.33. The molecule has 0 amide bonds. The topological polar surface area (TPSA) is 121 Å². The molecular weight excluding hydrogens is 478 g/mol. The van der Waals surface area contributed by atoms with Gasteiger partial charge in [0, 0.05) is 29.9 Å². The minimum Gasteiger partial charge on any atom is -0.458 e. The second kappa shape index (κ2) is 12.0. The molecule has 2 unspecified atom stereocenters. The monoisotopic (exact) mass is 519 g/mol. The number of hydrazone groups is 1. The minimum absolute atomic E-state index is 0.00155. The number of hydrogen-bond acceptors (Lipinski definition) is 9. The first-order chi connectivity index (χ1) is 16.9. The Morgan fingerprint density at radius 1 is 1.25 bits per heavy atom. The summed E-state index contributed by atoms with van der Waals surface area (Å²) in [6, 6.07) is -0.00155. The molecule has 9 heteroatoms. The summed E-state index contributed by atoms with van der Waals surface area (Å²) in [5.41, 5.74) is 3.65. The van der Waals surface area contributed by atoms with Crippen LogP contribution in [0.4, 0.5) is 0 Å². The van der Waals surface area contributed by atoms with Crippen LogP contribution >= 0.6 is 11.3 Å². The number of nitrogens with one attached hydrogen (secondary N) is 1. The molecule has 0 radical (unpaired) electrons. The Balaban J connectivity index is 1.88. The maximum atomic E-state index is 13.2. The van der Waals surface area contributed by atoms with E-state index in [1.165, 1.54) is 0 Å². The third-order valence-corrected chi connectivity index (χ3v) is 8.61. The number of nitrogens with zero attached hydrogens (tertiary/aromatic N) is 2. The Labute approximate surface area is 218 Å². The molecule has 36 heavy (non-hydrogen) atoms. The summed E-state index contributed by atoms with van der Waals surface area (Å²) in [6.07, 6.45) is 4.00. The second-order valence-corrected chi connectivity index (χ2v) is 12.1. The van der Waals surface area contributed by atoms with E-state index in [9.17, 15) is 19.8 Å². The second-order valence-electron chi connectivity index (χ2n) is 11.1. The Morgan fingerprint density at radius 3 is 2.64 bits per heavy atom. The van der Waals surface area contributed by atoms with Crippen molar-refractivity contribution in [2.75, 3.05) is 0 Å². The van der Waals surface area contributed by atoms with Gasteiger partial charge in [-0.1, -0.05) is 34.1 Å². The Morgan fingerprint density at radius 2 is 1.97 bits per heavy atom. The molecule has 1 aromatic rings. The number of aliphatic hydroxyl groups is 2. The van der Waals surface area contributed by atoms with Gasteiger partial charge in [0.05, 0.1) is 40.8 Å². The Kier molecular flexibility index (Phi) is 9.46. The summed E-state index contributed by atoms with van der Waals surface area (Å²) in [4.78, 5) is 30.8. The van der Waals surface area contributed by atoms with Crippen LogP contribution in [0, 0.1) is 30.1 Å². The van der Waals surface area contributed by atoms with Gasteiger partial charge in [-0.25, -0.2) is 4.98 Å².